The SMILES string of the molecule is CCNC(=NCCC(=O)N(CC)CC)NCCc1ccc(OC)cc1O.I. The minimum Gasteiger partial charge on any atom is -0.508 e. The fraction of sp³-hybridized carbons (Fsp3) is 0.579. The summed E-state index contributed by atoms with van der Waals surface area (Å²) in [5.74, 6) is 1.65. The maximum absolute atomic E-state index is 12.0. The molecule has 0 saturated carbocycles. The van der Waals surface area contributed by atoms with E-state index in [1.165, 1.54) is 0 Å². The second kappa shape index (κ2) is 14.4. The highest BCUT2D eigenvalue weighted by Crippen LogP contribution is 2.23. The summed E-state index contributed by atoms with van der Waals surface area (Å²) in [5, 5.41) is 16.4. The first kappa shape index (κ1) is 25.3. The zero-order chi connectivity index (χ0) is 19.4. The van der Waals surface area contributed by atoms with Gasteiger partial charge in [0.1, 0.15) is 11.5 Å². The normalized spacial score (nSPS) is 10.7. The molecule has 0 atom stereocenters. The van der Waals surface area contributed by atoms with Gasteiger partial charge in [-0.25, -0.2) is 0 Å². The maximum atomic E-state index is 12.0. The summed E-state index contributed by atoms with van der Waals surface area (Å²) >= 11 is 0. The molecule has 7 nitrogen and oxygen atoms in total. The number of benzene rings is 1. The molecule has 0 bridgehead atoms. The predicted octanol–water partition coefficient (Wildman–Crippen LogP) is 2.37. The van der Waals surface area contributed by atoms with Gasteiger partial charge in [0.15, 0.2) is 5.96 Å². The van der Waals surface area contributed by atoms with E-state index in [1.807, 2.05) is 37.8 Å². The molecule has 1 aromatic rings. The molecule has 0 spiro atoms. The van der Waals surface area contributed by atoms with Crippen LogP contribution < -0.4 is 15.4 Å². The molecule has 27 heavy (non-hydrogen) atoms. The van der Waals surface area contributed by atoms with Crippen molar-refractivity contribution in [1.82, 2.24) is 15.5 Å². The maximum Gasteiger partial charge on any atom is 0.224 e. The smallest absolute Gasteiger partial charge is 0.224 e. The summed E-state index contributed by atoms with van der Waals surface area (Å²) in [6.07, 6.45) is 1.05. The van der Waals surface area contributed by atoms with Gasteiger partial charge < -0.3 is 25.4 Å². The van der Waals surface area contributed by atoms with Crippen LogP contribution in [0.2, 0.25) is 0 Å². The highest BCUT2D eigenvalue weighted by Gasteiger charge is 2.09. The number of aliphatic imine (C=N–C) groups is 1. The van der Waals surface area contributed by atoms with Crippen LogP contribution in [-0.2, 0) is 11.2 Å². The third-order valence-electron chi connectivity index (χ3n) is 4.04. The molecule has 0 radical (unpaired) electrons. The highest BCUT2D eigenvalue weighted by atomic mass is 127. The number of aromatic hydroxyl groups is 1. The number of nitrogens with one attached hydrogen (secondary N) is 2. The van der Waals surface area contributed by atoms with Gasteiger partial charge in [-0.1, -0.05) is 6.07 Å². The summed E-state index contributed by atoms with van der Waals surface area (Å²) in [6, 6.07) is 5.28. The van der Waals surface area contributed by atoms with Crippen LogP contribution in [0.15, 0.2) is 23.2 Å². The molecule has 1 rings (SSSR count). The van der Waals surface area contributed by atoms with Gasteiger partial charge in [0, 0.05) is 38.7 Å². The lowest BCUT2D eigenvalue weighted by Crippen LogP contribution is -2.38. The molecule has 0 aliphatic carbocycles. The third-order valence-corrected chi connectivity index (χ3v) is 4.04. The van der Waals surface area contributed by atoms with Crippen molar-refractivity contribution in [2.24, 2.45) is 4.99 Å². The Kier molecular flexibility index (Phi) is 13.5. The first-order valence-electron chi connectivity index (χ1n) is 9.21. The van der Waals surface area contributed by atoms with Crippen LogP contribution in [-0.4, -0.2) is 61.7 Å². The molecule has 3 N–H and O–H groups in total. The minimum absolute atomic E-state index is 0. The Bertz CT molecular complexity index is 592. The molecular formula is C19H33IN4O3. The van der Waals surface area contributed by atoms with Crippen molar-refractivity contribution in [3.63, 3.8) is 0 Å². The van der Waals surface area contributed by atoms with Gasteiger partial charge in [0.05, 0.1) is 13.7 Å². The molecule has 154 valence electrons. The van der Waals surface area contributed by atoms with E-state index >= 15 is 0 Å². The van der Waals surface area contributed by atoms with Gasteiger partial charge in [0.2, 0.25) is 5.91 Å². The zero-order valence-corrected chi connectivity index (χ0v) is 19.1. The number of hydrogen-bond donors (Lipinski definition) is 3. The van der Waals surface area contributed by atoms with Crippen LogP contribution in [0.3, 0.4) is 0 Å². The Balaban J connectivity index is 0.00000676. The number of carbonyl (C=O) groups excluding carboxylic acids is 1. The van der Waals surface area contributed by atoms with Crippen LogP contribution in [0, 0.1) is 0 Å². The summed E-state index contributed by atoms with van der Waals surface area (Å²) in [4.78, 5) is 18.3. The van der Waals surface area contributed by atoms with Gasteiger partial charge in [-0.15, -0.1) is 24.0 Å². The molecule has 0 unspecified atom stereocenters. The number of carbonyl (C=O) groups is 1. The number of rotatable bonds is 10. The average Bonchev–Trinajstić information content (AvgIpc) is 2.64. The lowest BCUT2D eigenvalue weighted by molar-refractivity contribution is -0.130. The number of nitrogens with zero attached hydrogens (tertiary/aromatic N) is 2. The van der Waals surface area contributed by atoms with Crippen molar-refractivity contribution in [3.8, 4) is 11.5 Å². The van der Waals surface area contributed by atoms with Crippen LogP contribution in [0.4, 0.5) is 0 Å². The Labute approximate surface area is 179 Å². The first-order valence-corrected chi connectivity index (χ1v) is 9.21. The van der Waals surface area contributed by atoms with Crippen molar-refractivity contribution >= 4 is 35.8 Å². The van der Waals surface area contributed by atoms with Crippen LogP contribution >= 0.6 is 24.0 Å². The second-order valence-corrected chi connectivity index (χ2v) is 5.75. The fourth-order valence-electron chi connectivity index (χ4n) is 2.54. The van der Waals surface area contributed by atoms with E-state index in [1.54, 1.807) is 13.2 Å². The van der Waals surface area contributed by atoms with Crippen molar-refractivity contribution in [2.75, 3.05) is 39.8 Å². The number of guanidine groups is 1. The molecule has 0 saturated heterocycles. The van der Waals surface area contributed by atoms with E-state index in [0.29, 0.717) is 37.6 Å². The molecule has 8 heteroatoms. The summed E-state index contributed by atoms with van der Waals surface area (Å²) in [6.45, 7) is 9.20. The summed E-state index contributed by atoms with van der Waals surface area (Å²) < 4.78 is 5.09. The Hall–Kier alpha value is -1.71. The van der Waals surface area contributed by atoms with E-state index in [4.69, 9.17) is 4.74 Å². The van der Waals surface area contributed by atoms with Crippen LogP contribution in [0.5, 0.6) is 11.5 Å². The van der Waals surface area contributed by atoms with Crippen molar-refractivity contribution in [2.45, 2.75) is 33.6 Å². The number of hydrogen-bond acceptors (Lipinski definition) is 4. The highest BCUT2D eigenvalue weighted by molar-refractivity contribution is 14.0. The second-order valence-electron chi connectivity index (χ2n) is 5.75. The topological polar surface area (TPSA) is 86.2 Å². The zero-order valence-electron chi connectivity index (χ0n) is 16.7. The molecule has 1 amide bonds. The van der Waals surface area contributed by atoms with Gasteiger partial charge in [-0.2, -0.15) is 0 Å². The van der Waals surface area contributed by atoms with Crippen LogP contribution in [0.25, 0.3) is 0 Å². The standard InChI is InChI=1S/C19H32N4O3.HI/c1-5-20-19(22-13-11-18(25)23(6-2)7-3)21-12-10-15-8-9-16(26-4)14-17(15)24;/h8-9,14,24H,5-7,10-13H2,1-4H3,(H2,20,21,22);1H. The minimum atomic E-state index is 0. The van der Waals surface area contributed by atoms with Crippen molar-refractivity contribution in [1.29, 1.82) is 0 Å². The quantitative estimate of drug-likeness (QED) is 0.265. The summed E-state index contributed by atoms with van der Waals surface area (Å²) in [5.41, 5.74) is 0.839. The van der Waals surface area contributed by atoms with Crippen LogP contribution in [0.1, 0.15) is 32.8 Å². The Morgan fingerprint density at radius 1 is 1.22 bits per heavy atom. The molecule has 1 aromatic carbocycles. The largest absolute Gasteiger partial charge is 0.508 e. The van der Waals surface area contributed by atoms with Crippen molar-refractivity contribution in [3.05, 3.63) is 23.8 Å². The van der Waals surface area contributed by atoms with Crippen molar-refractivity contribution < 1.29 is 14.6 Å². The van der Waals surface area contributed by atoms with Gasteiger partial charge in [0.25, 0.3) is 0 Å². The number of amides is 1. The lowest BCUT2D eigenvalue weighted by atomic mass is 10.1. The van der Waals surface area contributed by atoms with E-state index in [9.17, 15) is 9.90 Å². The van der Waals surface area contributed by atoms with E-state index in [0.717, 1.165) is 25.2 Å². The first-order chi connectivity index (χ1) is 12.5. The fourth-order valence-corrected chi connectivity index (χ4v) is 2.54. The van der Waals surface area contributed by atoms with Gasteiger partial charge in [-0.3, -0.25) is 9.79 Å². The molecule has 0 aromatic heterocycles. The van der Waals surface area contributed by atoms with Gasteiger partial charge in [-0.05, 0) is 38.8 Å². The van der Waals surface area contributed by atoms with Gasteiger partial charge >= 0.3 is 0 Å². The van der Waals surface area contributed by atoms with E-state index < -0.39 is 0 Å². The number of phenols is 1. The average molecular weight is 492 g/mol. The summed E-state index contributed by atoms with van der Waals surface area (Å²) in [7, 11) is 1.57. The molecular weight excluding hydrogens is 459 g/mol. The predicted molar refractivity (Wildman–Crippen MR) is 120 cm³/mol. The molecule has 0 fully saturated rings. The number of methoxy groups -OCH3 is 1. The molecule has 0 aliphatic rings. The number of phenolic OH excluding ortho intramolecular Hbond substituents is 1. The molecule has 0 heterocycles. The number of ether oxygens (including phenoxy) is 1. The number of halogens is 1. The Morgan fingerprint density at radius 3 is 2.48 bits per heavy atom. The molecule has 0 aliphatic heterocycles. The Morgan fingerprint density at radius 2 is 1.93 bits per heavy atom. The lowest BCUT2D eigenvalue weighted by Gasteiger charge is -2.18. The van der Waals surface area contributed by atoms with E-state index in [-0.39, 0.29) is 35.6 Å². The van der Waals surface area contributed by atoms with E-state index in [2.05, 4.69) is 15.6 Å². The monoisotopic (exact) mass is 492 g/mol. The third kappa shape index (κ3) is 9.16.